The van der Waals surface area contributed by atoms with Gasteiger partial charge in [-0.25, -0.2) is 9.97 Å². The summed E-state index contributed by atoms with van der Waals surface area (Å²) in [5, 5.41) is 0. The summed E-state index contributed by atoms with van der Waals surface area (Å²) in [4.78, 5) is 14.8. The zero-order valence-electron chi connectivity index (χ0n) is 16.6. The van der Waals surface area contributed by atoms with Crippen LogP contribution >= 0.6 is 0 Å². The van der Waals surface area contributed by atoms with Crippen LogP contribution in [-0.4, -0.2) is 52.0 Å². The van der Waals surface area contributed by atoms with Crippen molar-refractivity contribution in [3.8, 4) is 0 Å². The van der Waals surface area contributed by atoms with E-state index >= 15 is 0 Å². The van der Waals surface area contributed by atoms with E-state index in [4.69, 9.17) is 9.97 Å². The van der Waals surface area contributed by atoms with Gasteiger partial charge in [-0.1, -0.05) is 19.3 Å². The molecule has 0 radical (unpaired) electrons. The van der Waals surface area contributed by atoms with Crippen LogP contribution in [0.5, 0.6) is 0 Å². The summed E-state index contributed by atoms with van der Waals surface area (Å²) >= 11 is 0. The van der Waals surface area contributed by atoms with Crippen molar-refractivity contribution in [2.75, 3.05) is 26.2 Å². The minimum Gasteiger partial charge on any atom is -0.300 e. The summed E-state index contributed by atoms with van der Waals surface area (Å²) in [6, 6.07) is 0.776. The second kappa shape index (κ2) is 8.79. The number of hydrogen-bond acceptors (Lipinski definition) is 4. The van der Waals surface area contributed by atoms with E-state index in [0.29, 0.717) is 5.92 Å². The molecule has 3 heterocycles. The summed E-state index contributed by atoms with van der Waals surface area (Å²) in [5.74, 6) is 2.58. The average molecular weight is 357 g/mol. The molecule has 3 aliphatic rings. The molecule has 1 saturated carbocycles. The normalized spacial score (nSPS) is 25.6. The molecule has 1 aromatic rings. The standard InChI is InChI=1S/C22H36N4/c1-18(26-11-5-6-12-26)20-9-13-25(14-10-20)17-19-15-23-22(24-16-19)21-7-3-2-4-8-21/h15-16,18,20-21H,2-14,17H2,1H3. The molecule has 2 saturated heterocycles. The fourth-order valence-electron chi connectivity index (χ4n) is 5.32. The van der Waals surface area contributed by atoms with Gasteiger partial charge >= 0.3 is 0 Å². The molecule has 0 N–H and O–H groups in total. The zero-order valence-corrected chi connectivity index (χ0v) is 16.6. The van der Waals surface area contributed by atoms with Gasteiger partial charge in [0.25, 0.3) is 0 Å². The predicted octanol–water partition coefficient (Wildman–Crippen LogP) is 4.22. The Kier molecular flexibility index (Phi) is 6.21. The van der Waals surface area contributed by atoms with Crippen LogP contribution in [0.25, 0.3) is 0 Å². The Bertz CT molecular complexity index is 538. The van der Waals surface area contributed by atoms with Crippen molar-refractivity contribution < 1.29 is 0 Å². The van der Waals surface area contributed by atoms with Gasteiger partial charge in [0.15, 0.2) is 0 Å². The summed E-state index contributed by atoms with van der Waals surface area (Å²) in [7, 11) is 0. The molecule has 0 spiro atoms. The summed E-state index contributed by atoms with van der Waals surface area (Å²) in [6.07, 6.45) is 16.3. The molecular formula is C22H36N4. The predicted molar refractivity (Wildman–Crippen MR) is 106 cm³/mol. The molecule has 1 aliphatic carbocycles. The second-order valence-corrected chi connectivity index (χ2v) is 8.88. The quantitative estimate of drug-likeness (QED) is 0.791. The largest absolute Gasteiger partial charge is 0.300 e. The van der Waals surface area contributed by atoms with Crippen molar-refractivity contribution in [2.45, 2.75) is 83.2 Å². The van der Waals surface area contributed by atoms with E-state index in [1.807, 2.05) is 0 Å². The summed E-state index contributed by atoms with van der Waals surface area (Å²) in [6.45, 7) is 8.60. The monoisotopic (exact) mass is 356 g/mol. The van der Waals surface area contributed by atoms with Crippen molar-refractivity contribution >= 4 is 0 Å². The van der Waals surface area contributed by atoms with Crippen LogP contribution in [0.2, 0.25) is 0 Å². The van der Waals surface area contributed by atoms with E-state index < -0.39 is 0 Å². The lowest BCUT2D eigenvalue weighted by Crippen LogP contribution is -2.42. The molecule has 2 aliphatic heterocycles. The van der Waals surface area contributed by atoms with Gasteiger partial charge in [-0.2, -0.15) is 0 Å². The molecule has 3 fully saturated rings. The van der Waals surface area contributed by atoms with E-state index in [0.717, 1.165) is 24.3 Å². The van der Waals surface area contributed by atoms with Gasteiger partial charge in [-0.05, 0) is 77.5 Å². The Morgan fingerprint density at radius 3 is 2.19 bits per heavy atom. The Morgan fingerprint density at radius 1 is 0.885 bits per heavy atom. The molecule has 4 rings (SSSR count). The van der Waals surface area contributed by atoms with Gasteiger partial charge in [0.1, 0.15) is 5.82 Å². The highest BCUT2D eigenvalue weighted by molar-refractivity contribution is 5.08. The van der Waals surface area contributed by atoms with Crippen LogP contribution in [0.1, 0.15) is 82.0 Å². The maximum Gasteiger partial charge on any atom is 0.131 e. The number of piperidine rings is 1. The molecule has 26 heavy (non-hydrogen) atoms. The molecule has 4 nitrogen and oxygen atoms in total. The number of aromatic nitrogens is 2. The summed E-state index contributed by atoms with van der Waals surface area (Å²) in [5.41, 5.74) is 1.29. The lowest BCUT2D eigenvalue weighted by Gasteiger charge is -2.38. The molecule has 1 atom stereocenters. The second-order valence-electron chi connectivity index (χ2n) is 8.88. The maximum atomic E-state index is 4.72. The minimum absolute atomic E-state index is 0.612. The van der Waals surface area contributed by atoms with Crippen LogP contribution in [-0.2, 0) is 6.54 Å². The molecular weight excluding hydrogens is 320 g/mol. The lowest BCUT2D eigenvalue weighted by molar-refractivity contribution is 0.108. The maximum absolute atomic E-state index is 4.72. The SMILES string of the molecule is CC(C1CCN(Cc2cnc(C3CCCCC3)nc2)CC1)N1CCCC1. The number of nitrogens with zero attached hydrogens (tertiary/aromatic N) is 4. The topological polar surface area (TPSA) is 32.3 Å². The van der Waals surface area contributed by atoms with Crippen molar-refractivity contribution in [2.24, 2.45) is 5.92 Å². The fraction of sp³-hybridized carbons (Fsp3) is 0.818. The Balaban J connectivity index is 1.25. The Hall–Kier alpha value is -1.00. The van der Waals surface area contributed by atoms with Crippen LogP contribution in [0.4, 0.5) is 0 Å². The van der Waals surface area contributed by atoms with Crippen molar-refractivity contribution in [3.05, 3.63) is 23.8 Å². The van der Waals surface area contributed by atoms with Crippen molar-refractivity contribution in [1.82, 2.24) is 19.8 Å². The Morgan fingerprint density at radius 2 is 1.54 bits per heavy atom. The highest BCUT2D eigenvalue weighted by Crippen LogP contribution is 2.30. The zero-order chi connectivity index (χ0) is 17.8. The number of likely N-dealkylation sites (tertiary alicyclic amines) is 2. The lowest BCUT2D eigenvalue weighted by atomic mass is 9.88. The fourth-order valence-corrected chi connectivity index (χ4v) is 5.32. The van der Waals surface area contributed by atoms with E-state index in [1.165, 1.54) is 89.5 Å². The summed E-state index contributed by atoms with van der Waals surface area (Å²) < 4.78 is 0. The third-order valence-electron chi connectivity index (χ3n) is 7.13. The first-order chi connectivity index (χ1) is 12.8. The van der Waals surface area contributed by atoms with E-state index in [2.05, 4.69) is 29.1 Å². The van der Waals surface area contributed by atoms with Crippen molar-refractivity contribution in [3.63, 3.8) is 0 Å². The first kappa shape index (κ1) is 18.4. The first-order valence-electron chi connectivity index (χ1n) is 11.1. The van der Waals surface area contributed by atoms with E-state index in [9.17, 15) is 0 Å². The molecule has 1 aromatic heterocycles. The van der Waals surface area contributed by atoms with Crippen molar-refractivity contribution in [1.29, 1.82) is 0 Å². The van der Waals surface area contributed by atoms with Crippen LogP contribution in [0.15, 0.2) is 12.4 Å². The van der Waals surface area contributed by atoms with Gasteiger partial charge in [0.05, 0.1) is 0 Å². The van der Waals surface area contributed by atoms with Crippen LogP contribution in [0.3, 0.4) is 0 Å². The third kappa shape index (κ3) is 4.45. The van der Waals surface area contributed by atoms with Gasteiger partial charge < -0.3 is 4.90 Å². The highest BCUT2D eigenvalue weighted by atomic mass is 15.2. The molecule has 0 amide bonds. The van der Waals surface area contributed by atoms with Gasteiger partial charge in [0, 0.05) is 36.5 Å². The number of hydrogen-bond donors (Lipinski definition) is 0. The molecule has 0 bridgehead atoms. The van der Waals surface area contributed by atoms with E-state index in [-0.39, 0.29) is 0 Å². The first-order valence-corrected chi connectivity index (χ1v) is 11.1. The third-order valence-corrected chi connectivity index (χ3v) is 7.13. The number of rotatable bonds is 5. The highest BCUT2D eigenvalue weighted by Gasteiger charge is 2.29. The minimum atomic E-state index is 0.612. The molecule has 1 unspecified atom stereocenters. The average Bonchev–Trinajstić information content (AvgIpc) is 3.24. The van der Waals surface area contributed by atoms with Crippen LogP contribution in [0, 0.1) is 5.92 Å². The smallest absolute Gasteiger partial charge is 0.131 e. The molecule has 0 aromatic carbocycles. The Labute approximate surface area is 159 Å². The van der Waals surface area contributed by atoms with Gasteiger partial charge in [0.2, 0.25) is 0 Å². The van der Waals surface area contributed by atoms with Gasteiger partial charge in [-0.15, -0.1) is 0 Å². The van der Waals surface area contributed by atoms with Crippen LogP contribution < -0.4 is 0 Å². The van der Waals surface area contributed by atoms with Gasteiger partial charge in [-0.3, -0.25) is 4.90 Å². The molecule has 144 valence electrons. The molecule has 4 heteroatoms. The van der Waals surface area contributed by atoms with E-state index in [1.54, 1.807) is 0 Å².